The second-order valence-corrected chi connectivity index (χ2v) is 13.9. The summed E-state index contributed by atoms with van der Waals surface area (Å²) in [5.41, 5.74) is 2.83. The van der Waals surface area contributed by atoms with E-state index in [1.807, 2.05) is 0 Å². The van der Waals surface area contributed by atoms with Crippen molar-refractivity contribution in [2.24, 2.45) is 44.8 Å². The van der Waals surface area contributed by atoms with Crippen molar-refractivity contribution >= 4 is 11.8 Å². The number of hydrogen-bond acceptors (Lipinski definition) is 2. The van der Waals surface area contributed by atoms with Crippen LogP contribution in [-0.4, -0.2) is 16.9 Å². The number of rotatable bonds is 4. The fourth-order valence-corrected chi connectivity index (χ4v) is 9.54. The van der Waals surface area contributed by atoms with Gasteiger partial charge in [0.25, 0.3) is 0 Å². The first-order valence-electron chi connectivity index (χ1n) is 13.2. The molecule has 0 amide bonds. The normalized spacial score (nSPS) is 46.5. The average Bonchev–Trinajstić information content (AvgIpc) is 2.68. The molecule has 184 valence electrons. The first kappa shape index (κ1) is 24.7. The Kier molecular flexibility index (Phi) is 5.66. The van der Waals surface area contributed by atoms with Crippen molar-refractivity contribution in [2.45, 2.75) is 106 Å². The standard InChI is InChI=1S/C30H46O3/c1-19(2)20-12-15-29(7)21-11-14-27(5)17-24(31)26(3,4)18-30(27,8)22(21)9-10-23(29)28(20,6)16-13-25(32)33/h9,20-21,23H,1,10-18H2,2-8H3,(H,32,33). The van der Waals surface area contributed by atoms with Crippen LogP contribution in [0.4, 0.5) is 0 Å². The Morgan fingerprint density at radius 2 is 1.79 bits per heavy atom. The smallest absolute Gasteiger partial charge is 0.303 e. The molecular weight excluding hydrogens is 408 g/mol. The number of carboxylic acids is 1. The quantitative estimate of drug-likeness (QED) is 0.445. The molecule has 0 aromatic heterocycles. The molecule has 3 fully saturated rings. The summed E-state index contributed by atoms with van der Waals surface area (Å²) in [6.45, 7) is 20.5. The molecule has 0 aromatic rings. The SMILES string of the molecule is C=C(C)C1CCC2(C)C3CCC4(C)CC(=O)C(C)(C)CC4(C)C3=CCC2C1(C)CCC(=O)O. The summed E-state index contributed by atoms with van der Waals surface area (Å²) in [5, 5.41) is 9.53. The number of carbonyl (C=O) groups is 2. The maximum absolute atomic E-state index is 13.0. The van der Waals surface area contributed by atoms with Crippen LogP contribution in [0.5, 0.6) is 0 Å². The minimum absolute atomic E-state index is 0.0390. The van der Waals surface area contributed by atoms with E-state index in [0.717, 1.165) is 38.5 Å². The predicted molar refractivity (Wildman–Crippen MR) is 134 cm³/mol. The van der Waals surface area contributed by atoms with Crippen LogP contribution in [0.25, 0.3) is 0 Å². The summed E-state index contributed by atoms with van der Waals surface area (Å²) in [6.07, 6.45) is 10.8. The zero-order valence-corrected chi connectivity index (χ0v) is 22.1. The van der Waals surface area contributed by atoms with E-state index < -0.39 is 5.97 Å². The Balaban J connectivity index is 1.78. The number of carboxylic acid groups (broad SMARTS) is 1. The van der Waals surface area contributed by atoms with Crippen molar-refractivity contribution in [1.29, 1.82) is 0 Å². The van der Waals surface area contributed by atoms with Crippen LogP contribution in [-0.2, 0) is 9.59 Å². The van der Waals surface area contributed by atoms with Gasteiger partial charge in [0.2, 0.25) is 0 Å². The zero-order valence-electron chi connectivity index (χ0n) is 22.1. The van der Waals surface area contributed by atoms with Crippen molar-refractivity contribution in [2.75, 3.05) is 0 Å². The summed E-state index contributed by atoms with van der Waals surface area (Å²) in [4.78, 5) is 24.6. The highest BCUT2D eigenvalue weighted by Gasteiger charge is 2.65. The Morgan fingerprint density at radius 1 is 1.12 bits per heavy atom. The van der Waals surface area contributed by atoms with Gasteiger partial charge < -0.3 is 5.11 Å². The van der Waals surface area contributed by atoms with Gasteiger partial charge in [0.1, 0.15) is 5.78 Å². The van der Waals surface area contributed by atoms with Crippen LogP contribution < -0.4 is 0 Å². The molecule has 3 heteroatoms. The highest BCUT2D eigenvalue weighted by Crippen LogP contribution is 2.72. The largest absolute Gasteiger partial charge is 0.481 e. The number of ketones is 1. The number of allylic oxidation sites excluding steroid dienone is 3. The summed E-state index contributed by atoms with van der Waals surface area (Å²) in [5.74, 6) is 1.14. The molecular formula is C30H46O3. The molecule has 3 nitrogen and oxygen atoms in total. The topological polar surface area (TPSA) is 54.4 Å². The number of Topliss-reactive ketones (excluding diaryl/α,β-unsaturated/α-hetero) is 1. The molecule has 7 atom stereocenters. The summed E-state index contributed by atoms with van der Waals surface area (Å²) < 4.78 is 0. The third-order valence-electron chi connectivity index (χ3n) is 11.6. The lowest BCUT2D eigenvalue weighted by Gasteiger charge is -2.67. The average molecular weight is 455 g/mol. The van der Waals surface area contributed by atoms with Crippen molar-refractivity contribution in [3.8, 4) is 0 Å². The Labute approximate surface area is 201 Å². The van der Waals surface area contributed by atoms with Crippen LogP contribution in [0.1, 0.15) is 106 Å². The van der Waals surface area contributed by atoms with Gasteiger partial charge in [0.05, 0.1) is 0 Å². The van der Waals surface area contributed by atoms with Gasteiger partial charge in [-0.2, -0.15) is 0 Å². The Hall–Kier alpha value is -1.38. The molecule has 0 bridgehead atoms. The third-order valence-corrected chi connectivity index (χ3v) is 11.6. The summed E-state index contributed by atoms with van der Waals surface area (Å²) in [7, 11) is 0. The molecule has 4 aliphatic carbocycles. The molecule has 7 unspecified atom stereocenters. The number of carbonyl (C=O) groups excluding carboxylic acids is 1. The van der Waals surface area contributed by atoms with Gasteiger partial charge in [-0.15, -0.1) is 0 Å². The molecule has 33 heavy (non-hydrogen) atoms. The molecule has 4 rings (SSSR count). The fraction of sp³-hybridized carbons (Fsp3) is 0.800. The lowest BCUT2D eigenvalue weighted by molar-refractivity contribution is -0.152. The lowest BCUT2D eigenvalue weighted by atomic mass is 9.37. The second kappa shape index (κ2) is 7.56. The number of hydrogen-bond donors (Lipinski definition) is 1. The molecule has 1 N–H and O–H groups in total. The molecule has 0 aliphatic heterocycles. The molecule has 0 heterocycles. The highest BCUT2D eigenvalue weighted by atomic mass is 16.4. The van der Waals surface area contributed by atoms with Gasteiger partial charge >= 0.3 is 5.97 Å². The van der Waals surface area contributed by atoms with E-state index in [-0.39, 0.29) is 33.5 Å². The molecule has 0 aromatic carbocycles. The van der Waals surface area contributed by atoms with E-state index in [1.165, 1.54) is 12.0 Å². The monoisotopic (exact) mass is 454 g/mol. The molecule has 0 saturated heterocycles. The Bertz CT molecular complexity index is 912. The summed E-state index contributed by atoms with van der Waals surface area (Å²) >= 11 is 0. The minimum atomic E-state index is -0.689. The molecule has 0 spiro atoms. The van der Waals surface area contributed by atoms with E-state index in [1.54, 1.807) is 5.57 Å². The molecule has 0 radical (unpaired) electrons. The lowest BCUT2D eigenvalue weighted by Crippen LogP contribution is -2.60. The van der Waals surface area contributed by atoms with Gasteiger partial charge in [-0.1, -0.05) is 65.3 Å². The van der Waals surface area contributed by atoms with E-state index in [0.29, 0.717) is 30.0 Å². The van der Waals surface area contributed by atoms with Gasteiger partial charge in [0, 0.05) is 18.3 Å². The molecule has 4 aliphatic rings. The van der Waals surface area contributed by atoms with E-state index >= 15 is 0 Å². The fourth-order valence-electron chi connectivity index (χ4n) is 9.54. The first-order chi connectivity index (χ1) is 15.1. The maximum Gasteiger partial charge on any atom is 0.303 e. The van der Waals surface area contributed by atoms with E-state index in [2.05, 4.69) is 61.1 Å². The maximum atomic E-state index is 13.0. The van der Waals surface area contributed by atoms with Crippen molar-refractivity contribution in [3.05, 3.63) is 23.8 Å². The third kappa shape index (κ3) is 3.42. The van der Waals surface area contributed by atoms with Crippen molar-refractivity contribution < 1.29 is 14.7 Å². The van der Waals surface area contributed by atoms with E-state index in [4.69, 9.17) is 0 Å². The molecule has 3 saturated carbocycles. The summed E-state index contributed by atoms with van der Waals surface area (Å²) in [6, 6.07) is 0. The second-order valence-electron chi connectivity index (χ2n) is 13.9. The van der Waals surface area contributed by atoms with Crippen molar-refractivity contribution in [1.82, 2.24) is 0 Å². The van der Waals surface area contributed by atoms with Gasteiger partial charge in [-0.3, -0.25) is 9.59 Å². The number of fused-ring (bicyclic) bond motifs is 5. The van der Waals surface area contributed by atoms with Gasteiger partial charge in [0.15, 0.2) is 0 Å². The van der Waals surface area contributed by atoms with Crippen LogP contribution in [0.3, 0.4) is 0 Å². The van der Waals surface area contributed by atoms with Gasteiger partial charge in [-0.25, -0.2) is 0 Å². The van der Waals surface area contributed by atoms with Crippen LogP contribution >= 0.6 is 0 Å². The van der Waals surface area contributed by atoms with Gasteiger partial charge in [-0.05, 0) is 91.3 Å². The number of aliphatic carboxylic acids is 1. The zero-order chi connectivity index (χ0) is 24.6. The predicted octanol–water partition coefficient (Wildman–Crippen LogP) is 7.61. The highest BCUT2D eigenvalue weighted by molar-refractivity contribution is 5.86. The van der Waals surface area contributed by atoms with Crippen LogP contribution in [0.2, 0.25) is 0 Å². The van der Waals surface area contributed by atoms with E-state index in [9.17, 15) is 14.7 Å². The first-order valence-corrected chi connectivity index (χ1v) is 13.2. The van der Waals surface area contributed by atoms with Crippen molar-refractivity contribution in [3.63, 3.8) is 0 Å². The Morgan fingerprint density at radius 3 is 2.39 bits per heavy atom. The minimum Gasteiger partial charge on any atom is -0.481 e. The van der Waals surface area contributed by atoms with Crippen LogP contribution in [0, 0.1) is 44.8 Å². The van der Waals surface area contributed by atoms with Crippen LogP contribution in [0.15, 0.2) is 23.8 Å².